The molecular formula is C23H24N2O5. The van der Waals surface area contributed by atoms with Gasteiger partial charge in [0.15, 0.2) is 13.2 Å². The molecule has 3 rings (SSSR count). The fraction of sp³-hybridized carbons (Fsp3) is 0.261. The molecule has 7 heteroatoms. The zero-order valence-corrected chi connectivity index (χ0v) is 17.2. The first kappa shape index (κ1) is 21.1. The SMILES string of the molecule is CC/C(=N\OCc1nc(-c2ccc(C)cc2)oc1C)c1ccc(OCC(=O)O)cc1. The number of oxime groups is 1. The average Bonchev–Trinajstić information content (AvgIpc) is 3.11. The minimum Gasteiger partial charge on any atom is -0.482 e. The molecule has 0 bridgehead atoms. The first-order valence-electron chi connectivity index (χ1n) is 9.63. The van der Waals surface area contributed by atoms with Gasteiger partial charge in [0, 0.05) is 5.56 Å². The van der Waals surface area contributed by atoms with Crippen molar-refractivity contribution >= 4 is 11.7 Å². The van der Waals surface area contributed by atoms with Gasteiger partial charge in [-0.3, -0.25) is 0 Å². The molecular weight excluding hydrogens is 384 g/mol. The molecule has 0 aliphatic heterocycles. The van der Waals surface area contributed by atoms with Crippen molar-refractivity contribution < 1.29 is 23.9 Å². The number of hydrogen-bond acceptors (Lipinski definition) is 6. The predicted molar refractivity (Wildman–Crippen MR) is 113 cm³/mol. The fourth-order valence-corrected chi connectivity index (χ4v) is 2.76. The number of oxazole rings is 1. The predicted octanol–water partition coefficient (Wildman–Crippen LogP) is 4.75. The molecule has 0 radical (unpaired) electrons. The molecule has 1 N–H and O–H groups in total. The van der Waals surface area contributed by atoms with Gasteiger partial charge < -0.3 is 19.1 Å². The maximum atomic E-state index is 10.6. The zero-order chi connectivity index (χ0) is 21.5. The lowest BCUT2D eigenvalue weighted by Gasteiger charge is -2.07. The number of hydrogen-bond donors (Lipinski definition) is 1. The Morgan fingerprint density at radius 3 is 2.43 bits per heavy atom. The van der Waals surface area contributed by atoms with Crippen molar-refractivity contribution in [3.63, 3.8) is 0 Å². The summed E-state index contributed by atoms with van der Waals surface area (Å²) in [5, 5.41) is 12.9. The largest absolute Gasteiger partial charge is 0.482 e. The summed E-state index contributed by atoms with van der Waals surface area (Å²) in [6, 6.07) is 15.0. The Kier molecular flexibility index (Phi) is 6.85. The van der Waals surface area contributed by atoms with Crippen LogP contribution in [0.15, 0.2) is 58.1 Å². The van der Waals surface area contributed by atoms with E-state index < -0.39 is 5.97 Å². The lowest BCUT2D eigenvalue weighted by molar-refractivity contribution is -0.139. The van der Waals surface area contributed by atoms with Crippen LogP contribution in [0, 0.1) is 13.8 Å². The summed E-state index contributed by atoms with van der Waals surface area (Å²) in [5.74, 6) is 0.720. The summed E-state index contributed by atoms with van der Waals surface area (Å²) in [6.45, 7) is 5.69. The average molecular weight is 408 g/mol. The lowest BCUT2D eigenvalue weighted by atomic mass is 10.1. The molecule has 30 heavy (non-hydrogen) atoms. The van der Waals surface area contributed by atoms with Crippen LogP contribution in [-0.2, 0) is 16.2 Å². The van der Waals surface area contributed by atoms with E-state index in [1.165, 1.54) is 5.56 Å². The van der Waals surface area contributed by atoms with Gasteiger partial charge in [0.2, 0.25) is 5.89 Å². The quantitative estimate of drug-likeness (QED) is 0.405. The highest BCUT2D eigenvalue weighted by atomic mass is 16.6. The van der Waals surface area contributed by atoms with Gasteiger partial charge in [-0.05, 0) is 62.2 Å². The van der Waals surface area contributed by atoms with Crippen molar-refractivity contribution in [3.8, 4) is 17.2 Å². The van der Waals surface area contributed by atoms with Crippen molar-refractivity contribution in [1.29, 1.82) is 0 Å². The van der Waals surface area contributed by atoms with Crippen molar-refractivity contribution in [2.24, 2.45) is 5.16 Å². The second-order valence-corrected chi connectivity index (χ2v) is 6.76. The molecule has 0 unspecified atom stereocenters. The number of ether oxygens (including phenoxy) is 1. The van der Waals surface area contributed by atoms with E-state index in [9.17, 15) is 4.79 Å². The van der Waals surface area contributed by atoms with Crippen molar-refractivity contribution in [3.05, 3.63) is 71.1 Å². The van der Waals surface area contributed by atoms with Crippen molar-refractivity contribution in [1.82, 2.24) is 4.98 Å². The molecule has 0 saturated carbocycles. The van der Waals surface area contributed by atoms with Crippen LogP contribution < -0.4 is 4.74 Å². The highest BCUT2D eigenvalue weighted by Crippen LogP contribution is 2.22. The number of carboxylic acids is 1. The summed E-state index contributed by atoms with van der Waals surface area (Å²) in [7, 11) is 0. The van der Waals surface area contributed by atoms with Crippen LogP contribution in [0.2, 0.25) is 0 Å². The molecule has 0 fully saturated rings. The van der Waals surface area contributed by atoms with Crippen LogP contribution >= 0.6 is 0 Å². The maximum Gasteiger partial charge on any atom is 0.341 e. The van der Waals surface area contributed by atoms with Gasteiger partial charge in [0.05, 0.1) is 5.71 Å². The molecule has 0 aliphatic carbocycles. The first-order valence-corrected chi connectivity index (χ1v) is 9.63. The van der Waals surface area contributed by atoms with E-state index in [0.29, 0.717) is 29.5 Å². The Bertz CT molecular complexity index is 1020. The number of rotatable bonds is 9. The van der Waals surface area contributed by atoms with E-state index in [2.05, 4.69) is 10.1 Å². The first-order chi connectivity index (χ1) is 14.5. The number of aliphatic carboxylic acids is 1. The molecule has 2 aromatic carbocycles. The Morgan fingerprint density at radius 2 is 1.80 bits per heavy atom. The van der Waals surface area contributed by atoms with Gasteiger partial charge in [-0.1, -0.05) is 29.8 Å². The van der Waals surface area contributed by atoms with E-state index in [-0.39, 0.29) is 13.2 Å². The topological polar surface area (TPSA) is 94.2 Å². The second-order valence-electron chi connectivity index (χ2n) is 6.76. The van der Waals surface area contributed by atoms with Gasteiger partial charge >= 0.3 is 5.97 Å². The van der Waals surface area contributed by atoms with Crippen molar-refractivity contribution in [2.45, 2.75) is 33.8 Å². The number of carboxylic acid groups (broad SMARTS) is 1. The lowest BCUT2D eigenvalue weighted by Crippen LogP contribution is -2.09. The molecule has 0 aliphatic rings. The van der Waals surface area contributed by atoms with E-state index in [1.54, 1.807) is 12.1 Å². The molecule has 156 valence electrons. The van der Waals surface area contributed by atoms with E-state index in [4.69, 9.17) is 19.1 Å². The highest BCUT2D eigenvalue weighted by molar-refractivity contribution is 6.00. The minimum absolute atomic E-state index is 0.199. The number of benzene rings is 2. The number of nitrogens with zero attached hydrogens (tertiary/aromatic N) is 2. The standard InChI is InChI=1S/C23H24N2O5/c1-4-20(17-9-11-19(12-10-17)28-14-22(26)27)25-29-13-21-16(3)30-23(24-21)18-7-5-15(2)6-8-18/h5-12H,4,13-14H2,1-3H3,(H,26,27)/b25-20+. The summed E-state index contributed by atoms with van der Waals surface area (Å²) in [5.41, 5.74) is 4.42. The van der Waals surface area contributed by atoms with Gasteiger partial charge in [0.25, 0.3) is 0 Å². The van der Waals surface area contributed by atoms with E-state index >= 15 is 0 Å². The fourth-order valence-electron chi connectivity index (χ4n) is 2.76. The molecule has 0 saturated heterocycles. The summed E-state index contributed by atoms with van der Waals surface area (Å²) in [4.78, 5) is 20.6. The van der Waals surface area contributed by atoms with E-state index in [0.717, 1.165) is 16.8 Å². The number of aryl methyl sites for hydroxylation is 2. The number of carbonyl (C=O) groups is 1. The molecule has 1 aromatic heterocycles. The third-order valence-electron chi connectivity index (χ3n) is 4.45. The summed E-state index contributed by atoms with van der Waals surface area (Å²) >= 11 is 0. The molecule has 0 amide bonds. The van der Waals surface area contributed by atoms with Crippen molar-refractivity contribution in [2.75, 3.05) is 6.61 Å². The Balaban J connectivity index is 1.64. The van der Waals surface area contributed by atoms with Gasteiger partial charge in [-0.25, -0.2) is 9.78 Å². The third-order valence-corrected chi connectivity index (χ3v) is 4.45. The van der Waals surface area contributed by atoms with Gasteiger partial charge in [-0.15, -0.1) is 0 Å². The molecule has 0 spiro atoms. The normalized spacial score (nSPS) is 11.4. The molecule has 0 atom stereocenters. The molecule has 1 heterocycles. The van der Waals surface area contributed by atoms with Crippen LogP contribution in [0.1, 0.15) is 35.9 Å². The van der Waals surface area contributed by atoms with E-state index in [1.807, 2.05) is 57.2 Å². The zero-order valence-electron chi connectivity index (χ0n) is 17.2. The van der Waals surface area contributed by atoms with Crippen LogP contribution in [0.5, 0.6) is 5.75 Å². The van der Waals surface area contributed by atoms with Gasteiger partial charge in [0.1, 0.15) is 17.2 Å². The third kappa shape index (κ3) is 5.47. The monoisotopic (exact) mass is 408 g/mol. The molecule has 7 nitrogen and oxygen atoms in total. The van der Waals surface area contributed by atoms with Crippen LogP contribution in [0.4, 0.5) is 0 Å². The van der Waals surface area contributed by atoms with Crippen LogP contribution in [0.3, 0.4) is 0 Å². The summed E-state index contributed by atoms with van der Waals surface area (Å²) in [6.07, 6.45) is 0.668. The van der Waals surface area contributed by atoms with Crippen LogP contribution in [0.25, 0.3) is 11.5 Å². The Morgan fingerprint density at radius 1 is 1.10 bits per heavy atom. The highest BCUT2D eigenvalue weighted by Gasteiger charge is 2.12. The Hall–Kier alpha value is -3.61. The second kappa shape index (κ2) is 9.73. The maximum absolute atomic E-state index is 10.6. The smallest absolute Gasteiger partial charge is 0.341 e. The Labute approximate surface area is 175 Å². The summed E-state index contributed by atoms with van der Waals surface area (Å²) < 4.78 is 10.9. The molecule has 3 aromatic rings. The van der Waals surface area contributed by atoms with Crippen LogP contribution in [-0.4, -0.2) is 28.4 Å². The van der Waals surface area contributed by atoms with Gasteiger partial charge in [-0.2, -0.15) is 0 Å². The minimum atomic E-state index is -1.02. The number of aromatic nitrogens is 1.